The quantitative estimate of drug-likeness (QED) is 0.712. The molecule has 0 aromatic heterocycles. The molecule has 1 aliphatic heterocycles. The van der Waals surface area contributed by atoms with Crippen molar-refractivity contribution in [3.8, 4) is 0 Å². The number of aryl methyl sites for hydroxylation is 1. The molecule has 76 valence electrons. The van der Waals surface area contributed by atoms with Crippen molar-refractivity contribution in [3.05, 3.63) is 35.4 Å². The van der Waals surface area contributed by atoms with Crippen molar-refractivity contribution in [1.82, 2.24) is 0 Å². The van der Waals surface area contributed by atoms with Crippen LogP contribution in [0.15, 0.2) is 24.3 Å². The molecule has 0 N–H and O–H groups in total. The monoisotopic (exact) mass is 210 g/mol. The van der Waals surface area contributed by atoms with E-state index in [1.54, 1.807) is 0 Å². The van der Waals surface area contributed by atoms with Crippen LogP contribution in [0.3, 0.4) is 0 Å². The van der Waals surface area contributed by atoms with E-state index in [0.717, 1.165) is 24.0 Å². The lowest BCUT2D eigenvalue weighted by molar-refractivity contribution is 0.592. The molecule has 1 aromatic carbocycles. The van der Waals surface area contributed by atoms with Gasteiger partial charge in [-0.2, -0.15) is 0 Å². The van der Waals surface area contributed by atoms with Crippen molar-refractivity contribution in [3.63, 3.8) is 0 Å². The van der Waals surface area contributed by atoms with Crippen molar-refractivity contribution in [2.75, 3.05) is 5.75 Å². The molecular weight excluding hydrogens is 196 g/mol. The van der Waals surface area contributed by atoms with Crippen molar-refractivity contribution in [2.45, 2.75) is 25.0 Å². The third-order valence-corrected chi connectivity index (χ3v) is 5.08. The molecule has 0 spiro atoms. The average Bonchev–Trinajstić information content (AvgIpc) is 2.46. The summed E-state index contributed by atoms with van der Waals surface area (Å²) in [6.07, 6.45) is 1.59. The van der Waals surface area contributed by atoms with Gasteiger partial charge in [0.1, 0.15) is 0 Å². The highest BCUT2D eigenvalue weighted by Crippen LogP contribution is 2.35. The van der Waals surface area contributed by atoms with Gasteiger partial charge in [0.15, 0.2) is 9.84 Å². The number of rotatable bonds is 1. The summed E-state index contributed by atoms with van der Waals surface area (Å²) in [4.78, 5) is 0. The van der Waals surface area contributed by atoms with Crippen LogP contribution in [-0.2, 0) is 9.84 Å². The summed E-state index contributed by atoms with van der Waals surface area (Å²) in [5, 5.41) is -0.247. The van der Waals surface area contributed by atoms with Gasteiger partial charge in [-0.25, -0.2) is 8.42 Å². The van der Waals surface area contributed by atoms with Crippen molar-refractivity contribution < 1.29 is 8.42 Å². The summed E-state index contributed by atoms with van der Waals surface area (Å²) in [6.45, 7) is 1.98. The summed E-state index contributed by atoms with van der Waals surface area (Å²) < 4.78 is 23.4. The molecule has 0 aliphatic carbocycles. The Hall–Kier alpha value is -0.830. The molecule has 1 fully saturated rings. The number of benzene rings is 1. The molecule has 14 heavy (non-hydrogen) atoms. The van der Waals surface area contributed by atoms with E-state index in [-0.39, 0.29) is 5.25 Å². The van der Waals surface area contributed by atoms with Crippen LogP contribution in [0.2, 0.25) is 0 Å². The molecule has 0 saturated carbocycles. The third kappa shape index (κ3) is 1.57. The van der Waals surface area contributed by atoms with Crippen LogP contribution in [-0.4, -0.2) is 14.2 Å². The summed E-state index contributed by atoms with van der Waals surface area (Å²) in [6, 6.07) is 7.77. The maximum Gasteiger partial charge on any atom is 0.157 e. The molecule has 1 atom stereocenters. The number of hydrogen-bond acceptors (Lipinski definition) is 2. The third-order valence-electron chi connectivity index (χ3n) is 2.86. The van der Waals surface area contributed by atoms with Gasteiger partial charge in [-0.15, -0.1) is 0 Å². The first-order valence-electron chi connectivity index (χ1n) is 4.88. The lowest BCUT2D eigenvalue weighted by atomic mass is 10.0. The summed E-state index contributed by atoms with van der Waals surface area (Å²) >= 11 is 0. The molecule has 1 heterocycles. The Bertz CT molecular complexity index is 434. The SMILES string of the molecule is Cc1ccccc1C1CCCS1(=O)=O. The topological polar surface area (TPSA) is 34.1 Å². The smallest absolute Gasteiger partial charge is 0.157 e. The first-order chi connectivity index (χ1) is 6.61. The Morgan fingerprint density at radius 3 is 2.57 bits per heavy atom. The van der Waals surface area contributed by atoms with Crippen LogP contribution in [0, 0.1) is 6.92 Å². The van der Waals surface area contributed by atoms with Gasteiger partial charge in [0.05, 0.1) is 11.0 Å². The molecule has 2 nitrogen and oxygen atoms in total. The second-order valence-electron chi connectivity index (χ2n) is 3.85. The largest absolute Gasteiger partial charge is 0.228 e. The Morgan fingerprint density at radius 2 is 2.00 bits per heavy atom. The highest BCUT2D eigenvalue weighted by atomic mass is 32.2. The maximum absolute atomic E-state index is 11.7. The molecule has 1 saturated heterocycles. The molecule has 1 aliphatic rings. The van der Waals surface area contributed by atoms with Crippen LogP contribution in [0.25, 0.3) is 0 Å². The summed E-state index contributed by atoms with van der Waals surface area (Å²) in [5.74, 6) is 0.353. The fourth-order valence-electron chi connectivity index (χ4n) is 2.09. The van der Waals surface area contributed by atoms with E-state index in [1.807, 2.05) is 31.2 Å². The van der Waals surface area contributed by atoms with Gasteiger partial charge in [-0.05, 0) is 30.9 Å². The van der Waals surface area contributed by atoms with Crippen LogP contribution in [0.5, 0.6) is 0 Å². The zero-order valence-electron chi connectivity index (χ0n) is 8.23. The molecule has 1 aromatic rings. The van der Waals surface area contributed by atoms with E-state index < -0.39 is 9.84 Å². The minimum absolute atomic E-state index is 0.247. The Balaban J connectivity index is 2.46. The van der Waals surface area contributed by atoms with Crippen LogP contribution >= 0.6 is 0 Å². The lowest BCUT2D eigenvalue weighted by Gasteiger charge is -2.12. The van der Waals surface area contributed by atoms with Crippen LogP contribution < -0.4 is 0 Å². The lowest BCUT2D eigenvalue weighted by Crippen LogP contribution is -2.08. The molecular formula is C11H14O2S. The first-order valence-corrected chi connectivity index (χ1v) is 6.60. The predicted molar refractivity (Wildman–Crippen MR) is 56.9 cm³/mol. The normalized spacial score (nSPS) is 25.1. The molecule has 0 radical (unpaired) electrons. The summed E-state index contributed by atoms with van der Waals surface area (Å²) in [5.41, 5.74) is 2.08. The predicted octanol–water partition coefficient (Wildman–Crippen LogP) is 2.24. The minimum Gasteiger partial charge on any atom is -0.228 e. The van der Waals surface area contributed by atoms with Gasteiger partial charge < -0.3 is 0 Å². The molecule has 0 amide bonds. The van der Waals surface area contributed by atoms with Gasteiger partial charge in [0, 0.05) is 0 Å². The first kappa shape index (κ1) is 9.71. The van der Waals surface area contributed by atoms with Gasteiger partial charge in [0.2, 0.25) is 0 Å². The minimum atomic E-state index is -2.86. The average molecular weight is 210 g/mol. The zero-order valence-corrected chi connectivity index (χ0v) is 9.05. The van der Waals surface area contributed by atoms with E-state index in [1.165, 1.54) is 0 Å². The maximum atomic E-state index is 11.7. The van der Waals surface area contributed by atoms with E-state index >= 15 is 0 Å². The van der Waals surface area contributed by atoms with Gasteiger partial charge in [-0.1, -0.05) is 24.3 Å². The van der Waals surface area contributed by atoms with Crippen LogP contribution in [0.1, 0.15) is 29.2 Å². The van der Waals surface area contributed by atoms with E-state index in [2.05, 4.69) is 0 Å². The fourth-order valence-corrected chi connectivity index (χ4v) is 4.12. The Morgan fingerprint density at radius 1 is 1.29 bits per heavy atom. The highest BCUT2D eigenvalue weighted by Gasteiger charge is 2.33. The second-order valence-corrected chi connectivity index (χ2v) is 6.16. The van der Waals surface area contributed by atoms with Crippen LogP contribution in [0.4, 0.5) is 0 Å². The van der Waals surface area contributed by atoms with Crippen molar-refractivity contribution in [2.24, 2.45) is 0 Å². The van der Waals surface area contributed by atoms with E-state index in [0.29, 0.717) is 5.75 Å². The molecule has 2 rings (SSSR count). The zero-order chi connectivity index (χ0) is 10.2. The fraction of sp³-hybridized carbons (Fsp3) is 0.455. The Kier molecular flexibility index (Phi) is 2.35. The number of hydrogen-bond donors (Lipinski definition) is 0. The van der Waals surface area contributed by atoms with E-state index in [4.69, 9.17) is 0 Å². The standard InChI is InChI=1S/C11H14O2S/c1-9-5-2-3-6-10(9)11-7-4-8-14(11,12)13/h2-3,5-6,11H,4,7-8H2,1H3. The van der Waals surface area contributed by atoms with Crippen molar-refractivity contribution >= 4 is 9.84 Å². The second kappa shape index (κ2) is 3.39. The van der Waals surface area contributed by atoms with Gasteiger partial charge in [-0.3, -0.25) is 0 Å². The number of sulfone groups is 1. The molecule has 0 bridgehead atoms. The molecule has 3 heteroatoms. The van der Waals surface area contributed by atoms with E-state index in [9.17, 15) is 8.42 Å². The summed E-state index contributed by atoms with van der Waals surface area (Å²) in [7, 11) is -2.86. The Labute approximate surface area is 84.9 Å². The van der Waals surface area contributed by atoms with Gasteiger partial charge in [0.25, 0.3) is 0 Å². The van der Waals surface area contributed by atoms with Crippen molar-refractivity contribution in [1.29, 1.82) is 0 Å². The van der Waals surface area contributed by atoms with Gasteiger partial charge >= 0.3 is 0 Å². The molecule has 1 unspecified atom stereocenters. The highest BCUT2D eigenvalue weighted by molar-refractivity contribution is 7.91.